The van der Waals surface area contributed by atoms with Gasteiger partial charge in [0.2, 0.25) is 11.9 Å². The molecular weight excluding hydrogens is 373 g/mol. The van der Waals surface area contributed by atoms with Gasteiger partial charge in [0, 0.05) is 6.04 Å². The van der Waals surface area contributed by atoms with Crippen molar-refractivity contribution in [2.75, 3.05) is 23.3 Å². The number of anilines is 2. The van der Waals surface area contributed by atoms with Crippen molar-refractivity contribution in [2.45, 2.75) is 57.1 Å². The summed E-state index contributed by atoms with van der Waals surface area (Å²) < 4.78 is 43.4. The van der Waals surface area contributed by atoms with Crippen LogP contribution < -0.4 is 10.2 Å². The Morgan fingerprint density at radius 3 is 2.57 bits per heavy atom. The average Bonchev–Trinajstić information content (AvgIpc) is 2.80. The van der Waals surface area contributed by atoms with Crippen LogP contribution in [0.1, 0.15) is 45.6 Å². The van der Waals surface area contributed by atoms with Crippen LogP contribution in [0.15, 0.2) is 12.1 Å². The molecule has 1 saturated heterocycles. The summed E-state index contributed by atoms with van der Waals surface area (Å²) in [5, 5.41) is 12.5. The van der Waals surface area contributed by atoms with E-state index in [4.69, 9.17) is 0 Å². The summed E-state index contributed by atoms with van der Waals surface area (Å²) >= 11 is 0. The molecule has 0 unspecified atom stereocenters. The monoisotopic (exact) mass is 396 g/mol. The summed E-state index contributed by atoms with van der Waals surface area (Å²) in [4.78, 5) is 17.9. The number of carbonyl (C=O) groups is 1. The number of carbonyl (C=O) groups excluding carboxylic acids is 1. The Morgan fingerprint density at radius 2 is 2.04 bits per heavy atom. The Balaban J connectivity index is 1.72. The third-order valence-corrected chi connectivity index (χ3v) is 5.24. The van der Waals surface area contributed by atoms with Gasteiger partial charge in [0.1, 0.15) is 5.52 Å². The highest BCUT2D eigenvalue weighted by Crippen LogP contribution is 2.41. The molecule has 2 aliphatic rings. The third-order valence-electron chi connectivity index (χ3n) is 5.24. The fourth-order valence-corrected chi connectivity index (χ4v) is 3.71. The number of fused-ring (bicyclic) bond motifs is 1. The molecule has 2 heterocycles. The highest BCUT2D eigenvalue weighted by atomic mass is 19.3. The normalized spacial score (nSPS) is 19.4. The predicted octanol–water partition coefficient (Wildman–Crippen LogP) is 3.46. The maximum Gasteiger partial charge on any atom is 0.282 e. The number of imidazole rings is 1. The number of aromatic nitrogens is 2. The van der Waals surface area contributed by atoms with Gasteiger partial charge in [-0.05, 0) is 45.2 Å². The predicted molar refractivity (Wildman–Crippen MR) is 99.3 cm³/mol. The molecule has 1 saturated carbocycles. The zero-order valence-corrected chi connectivity index (χ0v) is 15.8. The van der Waals surface area contributed by atoms with E-state index in [0.29, 0.717) is 5.52 Å². The summed E-state index contributed by atoms with van der Waals surface area (Å²) in [6.07, 6.45) is 2.51. The van der Waals surface area contributed by atoms with Gasteiger partial charge in [-0.2, -0.15) is 0 Å². The second kappa shape index (κ2) is 6.37. The molecule has 2 N–H and O–H groups in total. The molecule has 6 nitrogen and oxygen atoms in total. The lowest BCUT2D eigenvalue weighted by Crippen LogP contribution is -2.56. The largest absolute Gasteiger partial charge is 0.390 e. The van der Waals surface area contributed by atoms with Crippen molar-refractivity contribution in [3.8, 4) is 0 Å². The van der Waals surface area contributed by atoms with Crippen LogP contribution in [0.25, 0.3) is 11.0 Å². The molecule has 0 radical (unpaired) electrons. The molecule has 1 aromatic carbocycles. The molecule has 0 atom stereocenters. The minimum absolute atomic E-state index is 0.00924. The molecule has 1 aliphatic heterocycles. The van der Waals surface area contributed by atoms with Gasteiger partial charge in [0.05, 0.1) is 36.3 Å². The topological polar surface area (TPSA) is 70.4 Å². The summed E-state index contributed by atoms with van der Waals surface area (Å²) in [7, 11) is 0. The maximum absolute atomic E-state index is 15.3. The molecule has 152 valence electrons. The first-order valence-corrected chi connectivity index (χ1v) is 9.39. The van der Waals surface area contributed by atoms with Crippen LogP contribution in [0, 0.1) is 5.82 Å². The first-order valence-electron chi connectivity index (χ1n) is 9.39. The highest BCUT2D eigenvalue weighted by molar-refractivity contribution is 5.93. The van der Waals surface area contributed by atoms with Crippen LogP contribution in [0.3, 0.4) is 0 Å². The van der Waals surface area contributed by atoms with Gasteiger partial charge in [0.25, 0.3) is 5.92 Å². The summed E-state index contributed by atoms with van der Waals surface area (Å²) in [6.45, 7) is 2.02. The molecule has 2 aromatic rings. The Kier molecular flexibility index (Phi) is 4.33. The summed E-state index contributed by atoms with van der Waals surface area (Å²) in [5.74, 6) is -3.60. The number of hydrogen-bond donors (Lipinski definition) is 2. The van der Waals surface area contributed by atoms with Crippen LogP contribution in [-0.4, -0.2) is 45.2 Å². The lowest BCUT2D eigenvalue weighted by molar-refractivity contribution is -0.119. The van der Waals surface area contributed by atoms with E-state index in [1.54, 1.807) is 10.6 Å². The minimum Gasteiger partial charge on any atom is -0.390 e. The van der Waals surface area contributed by atoms with E-state index in [1.165, 1.54) is 24.8 Å². The lowest BCUT2D eigenvalue weighted by atomic mass is 9.92. The number of nitrogens with zero attached hydrogens (tertiary/aromatic N) is 3. The molecule has 1 amide bonds. The molecule has 1 aromatic heterocycles. The number of aliphatic hydroxyl groups is 1. The number of alkyl halides is 2. The molecule has 9 heteroatoms. The Hall–Kier alpha value is -2.29. The van der Waals surface area contributed by atoms with Gasteiger partial charge in [-0.3, -0.25) is 10.1 Å². The number of nitrogens with one attached hydrogen (secondary N) is 1. The van der Waals surface area contributed by atoms with Gasteiger partial charge >= 0.3 is 0 Å². The highest BCUT2D eigenvalue weighted by Gasteiger charge is 2.45. The number of benzene rings is 1. The molecule has 0 spiro atoms. The Morgan fingerprint density at radius 1 is 1.36 bits per heavy atom. The van der Waals surface area contributed by atoms with Gasteiger partial charge in [0.15, 0.2) is 5.82 Å². The fourth-order valence-electron chi connectivity index (χ4n) is 3.71. The molecule has 28 heavy (non-hydrogen) atoms. The van der Waals surface area contributed by atoms with Crippen molar-refractivity contribution in [1.29, 1.82) is 0 Å². The zero-order valence-electron chi connectivity index (χ0n) is 15.8. The lowest BCUT2D eigenvalue weighted by Gasteiger charge is -2.40. The van der Waals surface area contributed by atoms with E-state index in [-0.39, 0.29) is 29.6 Å². The van der Waals surface area contributed by atoms with Crippen LogP contribution in [0.5, 0.6) is 0 Å². The Labute approximate surface area is 160 Å². The SMILES string of the molecule is CC(C)(O)CC(=O)Nc1nc2ccc(N3CC(F)(F)C3)c(F)c2n1C1CCC1. The van der Waals surface area contributed by atoms with E-state index in [9.17, 15) is 18.7 Å². The van der Waals surface area contributed by atoms with Crippen molar-refractivity contribution < 1.29 is 23.1 Å². The van der Waals surface area contributed by atoms with Gasteiger partial charge in [-0.1, -0.05) is 0 Å². The van der Waals surface area contributed by atoms with Crippen molar-refractivity contribution in [3.63, 3.8) is 0 Å². The zero-order chi connectivity index (χ0) is 20.3. The summed E-state index contributed by atoms with van der Waals surface area (Å²) in [6, 6.07) is 3.03. The van der Waals surface area contributed by atoms with E-state index < -0.39 is 36.3 Å². The standard InChI is InChI=1S/C19H23F3N4O2/c1-18(2,28)8-14(27)24-17-23-12-6-7-13(25-9-19(21,22)10-25)15(20)16(12)26(17)11-4-3-5-11/h6-7,11,28H,3-5,8-10H2,1-2H3,(H,23,24,27). The second-order valence-corrected chi connectivity index (χ2v) is 8.41. The number of rotatable bonds is 5. The second-order valence-electron chi connectivity index (χ2n) is 8.41. The Bertz CT molecular complexity index is 923. The van der Waals surface area contributed by atoms with E-state index in [1.807, 2.05) is 0 Å². The van der Waals surface area contributed by atoms with E-state index in [0.717, 1.165) is 19.3 Å². The first-order chi connectivity index (χ1) is 13.0. The van der Waals surface area contributed by atoms with Crippen molar-refractivity contribution in [1.82, 2.24) is 9.55 Å². The number of hydrogen-bond acceptors (Lipinski definition) is 4. The van der Waals surface area contributed by atoms with Crippen molar-refractivity contribution in [3.05, 3.63) is 17.9 Å². The molecular formula is C19H23F3N4O2. The smallest absolute Gasteiger partial charge is 0.282 e. The first kappa shape index (κ1) is 19.0. The molecule has 1 aliphatic carbocycles. The van der Waals surface area contributed by atoms with E-state index in [2.05, 4.69) is 10.3 Å². The maximum atomic E-state index is 15.3. The average molecular weight is 396 g/mol. The number of halogens is 3. The van der Waals surface area contributed by atoms with Gasteiger partial charge in [-0.15, -0.1) is 0 Å². The van der Waals surface area contributed by atoms with Crippen LogP contribution in [0.2, 0.25) is 0 Å². The van der Waals surface area contributed by atoms with E-state index >= 15 is 4.39 Å². The quantitative estimate of drug-likeness (QED) is 0.812. The number of amides is 1. The molecule has 0 bridgehead atoms. The van der Waals surface area contributed by atoms with Gasteiger partial charge < -0.3 is 14.6 Å². The van der Waals surface area contributed by atoms with Gasteiger partial charge in [-0.25, -0.2) is 18.2 Å². The third kappa shape index (κ3) is 3.43. The van der Waals surface area contributed by atoms with Crippen LogP contribution in [-0.2, 0) is 4.79 Å². The van der Waals surface area contributed by atoms with Crippen LogP contribution in [0.4, 0.5) is 24.8 Å². The minimum atomic E-state index is -2.80. The summed E-state index contributed by atoms with van der Waals surface area (Å²) in [5.41, 5.74) is -0.485. The molecule has 2 fully saturated rings. The van der Waals surface area contributed by atoms with Crippen molar-refractivity contribution >= 4 is 28.6 Å². The fraction of sp³-hybridized carbons (Fsp3) is 0.579. The van der Waals surface area contributed by atoms with Crippen LogP contribution >= 0.6 is 0 Å². The molecule has 4 rings (SSSR count). The van der Waals surface area contributed by atoms with Crippen molar-refractivity contribution in [2.24, 2.45) is 0 Å².